The molecule has 1 atom stereocenters. The zero-order valence-electron chi connectivity index (χ0n) is 12.4. The molecule has 1 amide bonds. The minimum Gasteiger partial charge on any atom is -0.481 e. The largest absolute Gasteiger partial charge is 0.481 e. The first-order valence-electron chi connectivity index (χ1n) is 7.36. The van der Waals surface area contributed by atoms with Crippen LogP contribution in [0.1, 0.15) is 24.5 Å². The zero-order valence-corrected chi connectivity index (χ0v) is 12.4. The van der Waals surface area contributed by atoms with Crippen LogP contribution in [0.4, 0.5) is 5.82 Å². The average molecular weight is 312 g/mol. The van der Waals surface area contributed by atoms with Gasteiger partial charge in [0.2, 0.25) is 6.10 Å². The molecule has 1 aromatic heterocycles. The molecule has 1 aliphatic heterocycles. The van der Waals surface area contributed by atoms with Gasteiger partial charge in [0.15, 0.2) is 11.6 Å². The quantitative estimate of drug-likeness (QED) is 0.917. The molecule has 6 heteroatoms. The van der Waals surface area contributed by atoms with E-state index >= 15 is 0 Å². The third-order valence-electron chi connectivity index (χ3n) is 3.62. The molecule has 1 aromatic carbocycles. The number of ether oxygens (including phenoxy) is 1. The van der Waals surface area contributed by atoms with Crippen molar-refractivity contribution in [1.29, 1.82) is 0 Å². The molecule has 6 nitrogen and oxygen atoms in total. The molecule has 0 saturated carbocycles. The van der Waals surface area contributed by atoms with Gasteiger partial charge in [-0.2, -0.15) is 0 Å². The van der Waals surface area contributed by atoms with Crippen LogP contribution in [0.3, 0.4) is 0 Å². The van der Waals surface area contributed by atoms with Crippen LogP contribution in [0.15, 0.2) is 48.7 Å². The molecule has 0 radical (unpaired) electrons. The molecule has 0 fully saturated rings. The molecule has 0 spiro atoms. The van der Waals surface area contributed by atoms with E-state index in [-0.39, 0.29) is 12.3 Å². The highest BCUT2D eigenvalue weighted by molar-refractivity contribution is 5.99. The number of carboxylic acid groups (broad SMARTS) is 1. The van der Waals surface area contributed by atoms with Crippen molar-refractivity contribution in [1.82, 2.24) is 4.98 Å². The number of benzene rings is 1. The number of pyridine rings is 1. The highest BCUT2D eigenvalue weighted by atomic mass is 16.5. The van der Waals surface area contributed by atoms with Crippen molar-refractivity contribution < 1.29 is 19.4 Å². The highest BCUT2D eigenvalue weighted by Gasteiger charge is 2.36. The Hall–Kier alpha value is -2.89. The number of hydrogen-bond acceptors (Lipinski definition) is 4. The number of amides is 1. The van der Waals surface area contributed by atoms with Crippen molar-refractivity contribution >= 4 is 17.7 Å². The van der Waals surface area contributed by atoms with Gasteiger partial charge in [-0.1, -0.05) is 30.3 Å². The van der Waals surface area contributed by atoms with Crippen molar-refractivity contribution in [2.75, 3.05) is 11.4 Å². The van der Waals surface area contributed by atoms with E-state index in [1.165, 1.54) is 4.90 Å². The highest BCUT2D eigenvalue weighted by Crippen LogP contribution is 2.37. The molecule has 0 bridgehead atoms. The van der Waals surface area contributed by atoms with Gasteiger partial charge in [-0.25, -0.2) is 4.98 Å². The second kappa shape index (κ2) is 6.48. The van der Waals surface area contributed by atoms with Gasteiger partial charge in [0.1, 0.15) is 0 Å². The number of fused-ring (bicyclic) bond motifs is 1. The summed E-state index contributed by atoms with van der Waals surface area (Å²) in [6.45, 7) is 0.293. The fourth-order valence-corrected chi connectivity index (χ4v) is 2.54. The lowest BCUT2D eigenvalue weighted by Gasteiger charge is -2.33. The fourth-order valence-electron chi connectivity index (χ4n) is 2.54. The number of carbonyl (C=O) groups is 2. The van der Waals surface area contributed by atoms with Gasteiger partial charge in [0.25, 0.3) is 5.91 Å². The van der Waals surface area contributed by atoms with Gasteiger partial charge in [0.05, 0.1) is 0 Å². The third kappa shape index (κ3) is 3.15. The van der Waals surface area contributed by atoms with Crippen molar-refractivity contribution in [2.24, 2.45) is 0 Å². The number of anilines is 1. The molecule has 23 heavy (non-hydrogen) atoms. The Labute approximate surface area is 133 Å². The number of aliphatic carboxylic acids is 1. The Morgan fingerprint density at radius 3 is 2.74 bits per heavy atom. The van der Waals surface area contributed by atoms with E-state index in [1.54, 1.807) is 18.3 Å². The fraction of sp³-hybridized carbons (Fsp3) is 0.235. The number of rotatable bonds is 5. The first-order valence-corrected chi connectivity index (χ1v) is 7.36. The average Bonchev–Trinajstić information content (AvgIpc) is 2.57. The Morgan fingerprint density at radius 1 is 1.22 bits per heavy atom. The van der Waals surface area contributed by atoms with E-state index in [1.807, 2.05) is 30.3 Å². The van der Waals surface area contributed by atoms with Crippen molar-refractivity contribution in [2.45, 2.75) is 18.9 Å². The molecule has 1 N–H and O–H groups in total. The van der Waals surface area contributed by atoms with E-state index in [0.717, 1.165) is 5.56 Å². The first-order chi connectivity index (χ1) is 11.2. The third-order valence-corrected chi connectivity index (χ3v) is 3.62. The van der Waals surface area contributed by atoms with Crippen LogP contribution >= 0.6 is 0 Å². The van der Waals surface area contributed by atoms with E-state index in [9.17, 15) is 9.59 Å². The summed E-state index contributed by atoms with van der Waals surface area (Å²) >= 11 is 0. The second-order valence-corrected chi connectivity index (χ2v) is 5.22. The Bertz CT molecular complexity index is 718. The molecular formula is C17H16N2O4. The summed E-state index contributed by atoms with van der Waals surface area (Å²) < 4.78 is 5.82. The van der Waals surface area contributed by atoms with Gasteiger partial charge in [-0.3, -0.25) is 14.5 Å². The number of nitrogens with zero attached hydrogens (tertiary/aromatic N) is 2. The van der Waals surface area contributed by atoms with Gasteiger partial charge in [0, 0.05) is 24.7 Å². The van der Waals surface area contributed by atoms with Crippen molar-refractivity contribution in [3.8, 4) is 5.75 Å². The van der Waals surface area contributed by atoms with Crippen LogP contribution in [0.2, 0.25) is 0 Å². The summed E-state index contributed by atoms with van der Waals surface area (Å²) in [6.07, 6.45) is 1.21. The van der Waals surface area contributed by atoms with Crippen LogP contribution < -0.4 is 9.64 Å². The SMILES string of the molecule is O=C(O)CCCN1C(=O)[C@@H](c2ccccc2)Oc2cccnc21. The monoisotopic (exact) mass is 312 g/mol. The van der Waals surface area contributed by atoms with Crippen LogP contribution in [0, 0.1) is 0 Å². The Kier molecular flexibility index (Phi) is 4.23. The molecule has 2 heterocycles. The minimum atomic E-state index is -0.883. The van der Waals surface area contributed by atoms with Gasteiger partial charge < -0.3 is 9.84 Å². The normalized spacial score (nSPS) is 16.6. The van der Waals surface area contributed by atoms with Gasteiger partial charge >= 0.3 is 5.97 Å². The maximum atomic E-state index is 12.8. The van der Waals surface area contributed by atoms with E-state index in [4.69, 9.17) is 9.84 Å². The molecule has 0 aliphatic carbocycles. The summed E-state index contributed by atoms with van der Waals surface area (Å²) in [5.74, 6) is -0.148. The molecule has 1 aliphatic rings. The van der Waals surface area contributed by atoms with Gasteiger partial charge in [-0.05, 0) is 18.6 Å². The van der Waals surface area contributed by atoms with Crippen LogP contribution in [-0.2, 0) is 9.59 Å². The molecule has 2 aromatic rings. The smallest absolute Gasteiger partial charge is 0.303 e. The number of aromatic nitrogens is 1. The van der Waals surface area contributed by atoms with Crippen molar-refractivity contribution in [3.63, 3.8) is 0 Å². The standard InChI is InChI=1S/C17H16N2O4/c20-14(21)9-5-11-19-16-13(8-4-10-18-16)23-15(17(19)22)12-6-2-1-3-7-12/h1-4,6-8,10,15H,5,9,11H2,(H,20,21)/t15-/m1/s1. The molecule has 0 saturated heterocycles. The predicted molar refractivity (Wildman–Crippen MR) is 83.3 cm³/mol. The lowest BCUT2D eigenvalue weighted by atomic mass is 10.1. The van der Waals surface area contributed by atoms with Gasteiger partial charge in [-0.15, -0.1) is 0 Å². The topological polar surface area (TPSA) is 79.7 Å². The Morgan fingerprint density at radius 2 is 2.00 bits per heavy atom. The minimum absolute atomic E-state index is 0.00279. The Balaban J connectivity index is 1.90. The van der Waals surface area contributed by atoms with Crippen LogP contribution in [0.25, 0.3) is 0 Å². The lowest BCUT2D eigenvalue weighted by Crippen LogP contribution is -2.42. The molecule has 118 valence electrons. The predicted octanol–water partition coefficient (Wildman–Crippen LogP) is 2.41. The first kappa shape index (κ1) is 15.0. The molecular weight excluding hydrogens is 296 g/mol. The second-order valence-electron chi connectivity index (χ2n) is 5.22. The van der Waals surface area contributed by atoms with Crippen LogP contribution in [-0.4, -0.2) is 28.5 Å². The number of hydrogen-bond donors (Lipinski definition) is 1. The van der Waals surface area contributed by atoms with E-state index in [2.05, 4.69) is 4.98 Å². The number of carboxylic acids is 1. The van der Waals surface area contributed by atoms with Crippen molar-refractivity contribution in [3.05, 3.63) is 54.2 Å². The zero-order chi connectivity index (χ0) is 16.2. The summed E-state index contributed by atoms with van der Waals surface area (Å²) in [5, 5.41) is 8.79. The lowest BCUT2D eigenvalue weighted by molar-refractivity contribution is -0.137. The maximum absolute atomic E-state index is 12.8. The summed E-state index contributed by atoms with van der Waals surface area (Å²) in [7, 11) is 0. The summed E-state index contributed by atoms with van der Waals surface area (Å²) in [6, 6.07) is 12.7. The van der Waals surface area contributed by atoms with Crippen LogP contribution in [0.5, 0.6) is 5.75 Å². The van der Waals surface area contributed by atoms with E-state index < -0.39 is 12.1 Å². The summed E-state index contributed by atoms with van der Waals surface area (Å²) in [5.41, 5.74) is 0.759. The maximum Gasteiger partial charge on any atom is 0.303 e. The number of carbonyl (C=O) groups excluding carboxylic acids is 1. The summed E-state index contributed by atoms with van der Waals surface area (Å²) in [4.78, 5) is 29.2. The van der Waals surface area contributed by atoms with E-state index in [0.29, 0.717) is 24.5 Å². The molecule has 3 rings (SSSR count). The molecule has 0 unspecified atom stereocenters.